The second-order valence-corrected chi connectivity index (χ2v) is 6.72. The predicted octanol–water partition coefficient (Wildman–Crippen LogP) is 3.21. The Hall–Kier alpha value is -1.39. The lowest BCUT2D eigenvalue weighted by atomic mass is 9.54. The molecule has 0 unspecified atom stereocenters. The van der Waals surface area contributed by atoms with Gasteiger partial charge in [-0.2, -0.15) is 10.2 Å². The summed E-state index contributed by atoms with van der Waals surface area (Å²) in [5, 5.41) is 15.9. The maximum Gasteiger partial charge on any atom is 0.173 e. The monoisotopic (exact) mass is 259 g/mol. The van der Waals surface area contributed by atoms with Gasteiger partial charge in [0.15, 0.2) is 5.82 Å². The fourth-order valence-corrected chi connectivity index (χ4v) is 4.78. The molecule has 0 aromatic carbocycles. The highest BCUT2D eigenvalue weighted by Gasteiger charge is 2.48. The Morgan fingerprint density at radius 2 is 1.74 bits per heavy atom. The van der Waals surface area contributed by atoms with Gasteiger partial charge in [0.2, 0.25) is 0 Å². The molecule has 3 N–H and O–H groups in total. The maximum absolute atomic E-state index is 5.81. The maximum atomic E-state index is 5.81. The van der Waals surface area contributed by atoms with Gasteiger partial charge >= 0.3 is 0 Å². The third kappa shape index (κ3) is 1.78. The van der Waals surface area contributed by atoms with E-state index in [2.05, 4.69) is 20.4 Å². The van der Waals surface area contributed by atoms with Gasteiger partial charge in [-0.1, -0.05) is 0 Å². The van der Waals surface area contributed by atoms with Crippen LogP contribution in [0.25, 0.3) is 0 Å². The molecule has 1 aromatic rings. The van der Waals surface area contributed by atoms with Crippen molar-refractivity contribution in [3.8, 4) is 0 Å². The standard InChI is InChI=1S/C14H21N5/c1-7-12(14(15)19-16-7)17-18-13-10-3-8-2-9(5-10)6-11(13)4-8/h8-11,13H,2-6H2,1H3,(H3,15,16,19). The summed E-state index contributed by atoms with van der Waals surface area (Å²) in [5.74, 6) is 3.97. The van der Waals surface area contributed by atoms with Gasteiger partial charge in [0.25, 0.3) is 0 Å². The van der Waals surface area contributed by atoms with Crippen LogP contribution in [-0.4, -0.2) is 16.2 Å². The van der Waals surface area contributed by atoms with E-state index in [0.29, 0.717) is 11.9 Å². The molecule has 4 aliphatic rings. The number of azo groups is 1. The van der Waals surface area contributed by atoms with Crippen molar-refractivity contribution in [1.29, 1.82) is 0 Å². The average molecular weight is 259 g/mol. The van der Waals surface area contributed by atoms with Gasteiger partial charge in [-0.15, -0.1) is 5.11 Å². The van der Waals surface area contributed by atoms with Crippen LogP contribution in [0.2, 0.25) is 0 Å². The molecule has 4 bridgehead atoms. The fraction of sp³-hybridized carbons (Fsp3) is 0.786. The number of nitrogens with zero attached hydrogens (tertiary/aromatic N) is 3. The fourth-order valence-electron chi connectivity index (χ4n) is 4.78. The number of nitrogens with two attached hydrogens (primary N) is 1. The zero-order valence-corrected chi connectivity index (χ0v) is 11.3. The zero-order valence-electron chi connectivity index (χ0n) is 11.3. The zero-order chi connectivity index (χ0) is 13.0. The first kappa shape index (κ1) is 11.4. The Kier molecular flexibility index (Phi) is 2.44. The van der Waals surface area contributed by atoms with Gasteiger partial charge in [-0.3, -0.25) is 5.10 Å². The van der Waals surface area contributed by atoms with E-state index in [-0.39, 0.29) is 0 Å². The molecule has 0 aliphatic heterocycles. The largest absolute Gasteiger partial charge is 0.380 e. The number of nitrogens with one attached hydrogen (secondary N) is 1. The molecule has 4 saturated carbocycles. The number of aryl methyl sites for hydroxylation is 1. The Morgan fingerprint density at radius 1 is 1.11 bits per heavy atom. The highest BCUT2D eigenvalue weighted by atomic mass is 15.2. The van der Waals surface area contributed by atoms with Crippen LogP contribution in [0.4, 0.5) is 11.5 Å². The van der Waals surface area contributed by atoms with Crippen molar-refractivity contribution in [2.24, 2.45) is 33.9 Å². The van der Waals surface area contributed by atoms with Crippen molar-refractivity contribution < 1.29 is 0 Å². The molecule has 0 radical (unpaired) electrons. The van der Waals surface area contributed by atoms with E-state index in [1.54, 1.807) is 0 Å². The summed E-state index contributed by atoms with van der Waals surface area (Å²) in [6.07, 6.45) is 6.96. The molecule has 5 nitrogen and oxygen atoms in total. The lowest BCUT2D eigenvalue weighted by molar-refractivity contribution is -0.000940. The molecule has 0 saturated heterocycles. The SMILES string of the molecule is Cc1[nH]nc(N)c1N=NC1C2CC3CC(C2)CC1C3. The van der Waals surface area contributed by atoms with E-state index in [1.165, 1.54) is 32.1 Å². The summed E-state index contributed by atoms with van der Waals surface area (Å²) >= 11 is 0. The van der Waals surface area contributed by atoms with Crippen molar-refractivity contribution in [2.45, 2.75) is 45.1 Å². The summed E-state index contributed by atoms with van der Waals surface area (Å²) in [5.41, 5.74) is 7.44. The quantitative estimate of drug-likeness (QED) is 0.800. The minimum Gasteiger partial charge on any atom is -0.380 e. The van der Waals surface area contributed by atoms with Crippen LogP contribution < -0.4 is 5.73 Å². The Morgan fingerprint density at radius 3 is 2.26 bits per heavy atom. The van der Waals surface area contributed by atoms with E-state index in [1.807, 2.05) is 6.92 Å². The van der Waals surface area contributed by atoms with Crippen molar-refractivity contribution in [1.82, 2.24) is 10.2 Å². The second-order valence-electron chi connectivity index (χ2n) is 6.72. The molecule has 4 aliphatic carbocycles. The van der Waals surface area contributed by atoms with E-state index in [9.17, 15) is 0 Å². The molecule has 5 rings (SSSR count). The van der Waals surface area contributed by atoms with Crippen molar-refractivity contribution >= 4 is 11.5 Å². The summed E-state index contributed by atoms with van der Waals surface area (Å²) in [6.45, 7) is 1.94. The van der Waals surface area contributed by atoms with Gasteiger partial charge in [0, 0.05) is 0 Å². The van der Waals surface area contributed by atoms with Crippen LogP contribution in [0.5, 0.6) is 0 Å². The van der Waals surface area contributed by atoms with Crippen LogP contribution in [-0.2, 0) is 0 Å². The molecule has 19 heavy (non-hydrogen) atoms. The van der Waals surface area contributed by atoms with E-state index in [0.717, 1.165) is 35.1 Å². The number of hydrogen-bond acceptors (Lipinski definition) is 4. The van der Waals surface area contributed by atoms with Crippen LogP contribution >= 0.6 is 0 Å². The molecule has 1 heterocycles. The second kappa shape index (κ2) is 4.05. The van der Waals surface area contributed by atoms with E-state index < -0.39 is 0 Å². The Bertz CT molecular complexity index is 470. The van der Waals surface area contributed by atoms with Crippen LogP contribution in [0.1, 0.15) is 37.8 Å². The summed E-state index contributed by atoms with van der Waals surface area (Å²) in [6, 6.07) is 0.432. The number of anilines is 1. The molecule has 5 heteroatoms. The first-order chi connectivity index (χ1) is 9.20. The lowest BCUT2D eigenvalue weighted by Gasteiger charge is -2.52. The molecular formula is C14H21N5. The minimum atomic E-state index is 0.432. The van der Waals surface area contributed by atoms with Crippen molar-refractivity contribution in [3.63, 3.8) is 0 Å². The summed E-state index contributed by atoms with van der Waals surface area (Å²) in [7, 11) is 0. The predicted molar refractivity (Wildman–Crippen MR) is 73.1 cm³/mol. The first-order valence-electron chi connectivity index (χ1n) is 7.42. The molecule has 102 valence electrons. The van der Waals surface area contributed by atoms with Gasteiger partial charge < -0.3 is 5.73 Å². The first-order valence-corrected chi connectivity index (χ1v) is 7.42. The molecule has 1 aromatic heterocycles. The van der Waals surface area contributed by atoms with Crippen molar-refractivity contribution in [3.05, 3.63) is 5.69 Å². The van der Waals surface area contributed by atoms with Gasteiger partial charge in [0.1, 0.15) is 5.69 Å². The number of H-pyrrole nitrogens is 1. The highest BCUT2D eigenvalue weighted by molar-refractivity contribution is 5.59. The van der Waals surface area contributed by atoms with Crippen LogP contribution in [0, 0.1) is 30.6 Å². The topological polar surface area (TPSA) is 79.4 Å². The van der Waals surface area contributed by atoms with Gasteiger partial charge in [0.05, 0.1) is 11.7 Å². The Labute approximate surface area is 113 Å². The van der Waals surface area contributed by atoms with Crippen molar-refractivity contribution in [2.75, 3.05) is 5.73 Å². The summed E-state index contributed by atoms with van der Waals surface area (Å²) in [4.78, 5) is 0. The average Bonchev–Trinajstić information content (AvgIpc) is 2.68. The minimum absolute atomic E-state index is 0.432. The number of aromatic amines is 1. The van der Waals surface area contributed by atoms with Gasteiger partial charge in [-0.05, 0) is 62.7 Å². The molecular weight excluding hydrogens is 238 g/mol. The normalized spacial score (nSPS) is 40.4. The van der Waals surface area contributed by atoms with Crippen LogP contribution in [0.3, 0.4) is 0 Å². The number of aromatic nitrogens is 2. The third-order valence-corrected chi connectivity index (χ3v) is 5.41. The lowest BCUT2D eigenvalue weighted by Crippen LogP contribution is -2.47. The molecule has 4 fully saturated rings. The summed E-state index contributed by atoms with van der Waals surface area (Å²) < 4.78 is 0. The smallest absolute Gasteiger partial charge is 0.173 e. The molecule has 0 amide bonds. The molecule has 0 atom stereocenters. The third-order valence-electron chi connectivity index (χ3n) is 5.41. The van der Waals surface area contributed by atoms with E-state index >= 15 is 0 Å². The number of hydrogen-bond donors (Lipinski definition) is 2. The number of rotatable bonds is 2. The highest BCUT2D eigenvalue weighted by Crippen LogP contribution is 2.54. The molecule has 0 spiro atoms. The van der Waals surface area contributed by atoms with Gasteiger partial charge in [-0.25, -0.2) is 0 Å². The van der Waals surface area contributed by atoms with E-state index in [4.69, 9.17) is 5.73 Å². The Balaban J connectivity index is 1.57. The van der Waals surface area contributed by atoms with Crippen LogP contribution in [0.15, 0.2) is 10.2 Å². The number of nitrogen functional groups attached to an aromatic ring is 1.